The van der Waals surface area contributed by atoms with E-state index in [-0.39, 0.29) is 4.90 Å². The molecule has 1 aromatic carbocycles. The van der Waals surface area contributed by atoms with E-state index in [1.807, 2.05) is 6.07 Å². The van der Waals surface area contributed by atoms with E-state index in [2.05, 4.69) is 0 Å². The molecule has 15 heavy (non-hydrogen) atoms. The Morgan fingerprint density at radius 1 is 1.47 bits per heavy atom. The van der Waals surface area contributed by atoms with Gasteiger partial charge in [-0.3, -0.25) is 0 Å². The van der Waals surface area contributed by atoms with Crippen molar-refractivity contribution in [2.24, 2.45) is 0 Å². The summed E-state index contributed by atoms with van der Waals surface area (Å²) in [7, 11) is 1.53. The quantitative estimate of drug-likeness (QED) is 0.750. The highest BCUT2D eigenvalue weighted by molar-refractivity contribution is 8.13. The third kappa shape index (κ3) is 2.49. The van der Waals surface area contributed by atoms with Gasteiger partial charge < -0.3 is 0 Å². The smallest absolute Gasteiger partial charge is 0.207 e. The summed E-state index contributed by atoms with van der Waals surface area (Å²) in [5.41, 5.74) is 1.57. The van der Waals surface area contributed by atoms with Gasteiger partial charge in [0.2, 0.25) is 0 Å². The van der Waals surface area contributed by atoms with Crippen LogP contribution in [0.15, 0.2) is 17.0 Å². The molecule has 0 heterocycles. The van der Waals surface area contributed by atoms with Crippen molar-refractivity contribution in [3.8, 4) is 6.07 Å². The Bertz CT molecular complexity index is 529. The second kappa shape index (κ2) is 4.21. The fourth-order valence-corrected chi connectivity index (χ4v) is 2.75. The van der Waals surface area contributed by atoms with Gasteiger partial charge in [0, 0.05) is 10.7 Å². The van der Waals surface area contributed by atoms with Gasteiger partial charge in [-0.2, -0.15) is 5.26 Å². The van der Waals surface area contributed by atoms with Crippen LogP contribution in [0.1, 0.15) is 23.6 Å². The second-order valence-corrected chi connectivity index (χ2v) is 5.73. The highest BCUT2D eigenvalue weighted by atomic mass is 35.7. The molecule has 0 aromatic heterocycles. The molecule has 0 amide bonds. The van der Waals surface area contributed by atoms with Crippen LogP contribution in [0.3, 0.4) is 0 Å². The zero-order chi connectivity index (χ0) is 11.6. The zero-order valence-corrected chi connectivity index (χ0v) is 9.98. The first-order valence-corrected chi connectivity index (χ1v) is 6.69. The SMILES string of the molecule is CCc1c(C#N)cc(C)cc1S(=O)(=O)Cl. The topological polar surface area (TPSA) is 57.9 Å². The predicted molar refractivity (Wildman–Crippen MR) is 58.3 cm³/mol. The highest BCUT2D eigenvalue weighted by Gasteiger charge is 2.18. The minimum Gasteiger partial charge on any atom is -0.207 e. The maximum absolute atomic E-state index is 11.3. The van der Waals surface area contributed by atoms with Crippen molar-refractivity contribution in [2.75, 3.05) is 0 Å². The van der Waals surface area contributed by atoms with Crippen molar-refractivity contribution < 1.29 is 8.42 Å². The average Bonchev–Trinajstić information content (AvgIpc) is 2.15. The Balaban J connectivity index is 3.66. The maximum atomic E-state index is 11.3. The van der Waals surface area contributed by atoms with Gasteiger partial charge in [-0.1, -0.05) is 6.92 Å². The number of halogens is 1. The van der Waals surface area contributed by atoms with Gasteiger partial charge in [0.15, 0.2) is 0 Å². The molecule has 0 aliphatic heterocycles. The Morgan fingerprint density at radius 3 is 2.47 bits per heavy atom. The number of benzene rings is 1. The van der Waals surface area contributed by atoms with Crippen molar-refractivity contribution in [3.63, 3.8) is 0 Å². The van der Waals surface area contributed by atoms with Crippen molar-refractivity contribution in [3.05, 3.63) is 28.8 Å². The summed E-state index contributed by atoms with van der Waals surface area (Å²) in [5, 5.41) is 8.88. The van der Waals surface area contributed by atoms with Crippen LogP contribution < -0.4 is 0 Å². The lowest BCUT2D eigenvalue weighted by Gasteiger charge is -2.07. The van der Waals surface area contributed by atoms with E-state index >= 15 is 0 Å². The highest BCUT2D eigenvalue weighted by Crippen LogP contribution is 2.25. The molecule has 0 unspecified atom stereocenters. The maximum Gasteiger partial charge on any atom is 0.261 e. The molecule has 0 N–H and O–H groups in total. The van der Waals surface area contributed by atoms with Crippen LogP contribution in [0, 0.1) is 18.3 Å². The second-order valence-electron chi connectivity index (χ2n) is 3.19. The van der Waals surface area contributed by atoms with E-state index < -0.39 is 9.05 Å². The monoisotopic (exact) mass is 243 g/mol. The Kier molecular flexibility index (Phi) is 3.38. The molecule has 0 aliphatic carbocycles. The molecule has 0 saturated heterocycles. The average molecular weight is 244 g/mol. The molecule has 0 atom stereocenters. The van der Waals surface area contributed by atoms with Gasteiger partial charge in [-0.25, -0.2) is 8.42 Å². The Morgan fingerprint density at radius 2 is 2.07 bits per heavy atom. The van der Waals surface area contributed by atoms with E-state index in [1.54, 1.807) is 19.9 Å². The van der Waals surface area contributed by atoms with Gasteiger partial charge in [0.25, 0.3) is 9.05 Å². The first-order chi connectivity index (χ1) is 6.90. The summed E-state index contributed by atoms with van der Waals surface area (Å²) in [6.45, 7) is 3.52. The van der Waals surface area contributed by atoms with Crippen LogP contribution in [0.5, 0.6) is 0 Å². The van der Waals surface area contributed by atoms with Gasteiger partial charge in [-0.05, 0) is 36.6 Å². The predicted octanol–water partition coefficient (Wildman–Crippen LogP) is 2.36. The minimum atomic E-state index is -3.78. The molecule has 3 nitrogen and oxygen atoms in total. The number of hydrogen-bond acceptors (Lipinski definition) is 3. The van der Waals surface area contributed by atoms with Crippen LogP contribution >= 0.6 is 10.7 Å². The van der Waals surface area contributed by atoms with E-state index in [9.17, 15) is 8.42 Å². The molecule has 0 saturated carbocycles. The number of aryl methyl sites for hydroxylation is 1. The standard InChI is InChI=1S/C10H10ClNO2S/c1-3-9-8(6-12)4-7(2)5-10(9)15(11,13)14/h4-5H,3H2,1-2H3. The molecule has 0 aliphatic rings. The van der Waals surface area contributed by atoms with Gasteiger partial charge in [0.1, 0.15) is 0 Å². The van der Waals surface area contributed by atoms with Crippen LogP contribution in [0.2, 0.25) is 0 Å². The Labute approximate surface area is 93.7 Å². The van der Waals surface area contributed by atoms with Crippen molar-refractivity contribution in [1.29, 1.82) is 5.26 Å². The molecule has 1 aromatic rings. The van der Waals surface area contributed by atoms with Crippen molar-refractivity contribution in [1.82, 2.24) is 0 Å². The van der Waals surface area contributed by atoms with Gasteiger partial charge in [-0.15, -0.1) is 0 Å². The summed E-state index contributed by atoms with van der Waals surface area (Å²) in [4.78, 5) is 0.0446. The first-order valence-electron chi connectivity index (χ1n) is 4.38. The van der Waals surface area contributed by atoms with Crippen LogP contribution in [-0.2, 0) is 15.5 Å². The molecule has 0 bridgehead atoms. The van der Waals surface area contributed by atoms with Crippen LogP contribution in [-0.4, -0.2) is 8.42 Å². The summed E-state index contributed by atoms with van der Waals surface area (Å²) >= 11 is 0. The molecule has 0 spiro atoms. The third-order valence-corrected chi connectivity index (χ3v) is 3.48. The summed E-state index contributed by atoms with van der Waals surface area (Å²) < 4.78 is 22.6. The minimum absolute atomic E-state index is 0.0446. The van der Waals surface area contributed by atoms with Crippen molar-refractivity contribution >= 4 is 19.7 Å². The molecule has 80 valence electrons. The molecule has 0 radical (unpaired) electrons. The molecule has 5 heteroatoms. The summed E-state index contributed by atoms with van der Waals surface area (Å²) in [5.74, 6) is 0. The molecule has 0 fully saturated rings. The molecular formula is C10H10ClNO2S. The lowest BCUT2D eigenvalue weighted by molar-refractivity contribution is 0.608. The van der Waals surface area contributed by atoms with Crippen molar-refractivity contribution in [2.45, 2.75) is 25.2 Å². The number of nitrogens with zero attached hydrogens (tertiary/aromatic N) is 1. The fourth-order valence-electron chi connectivity index (χ4n) is 1.47. The fraction of sp³-hybridized carbons (Fsp3) is 0.300. The number of nitriles is 1. The zero-order valence-electron chi connectivity index (χ0n) is 8.41. The van der Waals surface area contributed by atoms with Crippen LogP contribution in [0.4, 0.5) is 0 Å². The molecule has 1 rings (SSSR count). The number of hydrogen-bond donors (Lipinski definition) is 0. The van der Waals surface area contributed by atoms with E-state index in [0.717, 1.165) is 0 Å². The van der Waals surface area contributed by atoms with E-state index in [4.69, 9.17) is 15.9 Å². The van der Waals surface area contributed by atoms with Gasteiger partial charge >= 0.3 is 0 Å². The summed E-state index contributed by atoms with van der Waals surface area (Å²) in [6.07, 6.45) is 0.463. The number of rotatable bonds is 2. The molecular weight excluding hydrogens is 234 g/mol. The Hall–Kier alpha value is -1.05. The lowest BCUT2D eigenvalue weighted by atomic mass is 10.0. The van der Waals surface area contributed by atoms with Gasteiger partial charge in [0.05, 0.1) is 16.5 Å². The van der Waals surface area contributed by atoms with E-state index in [0.29, 0.717) is 23.1 Å². The lowest BCUT2D eigenvalue weighted by Crippen LogP contribution is -2.01. The summed E-state index contributed by atoms with van der Waals surface area (Å²) in [6, 6.07) is 5.12. The van der Waals surface area contributed by atoms with Crippen LogP contribution in [0.25, 0.3) is 0 Å². The van der Waals surface area contributed by atoms with E-state index in [1.165, 1.54) is 6.07 Å². The normalized spacial score (nSPS) is 11.1. The first kappa shape index (κ1) is 12.0. The third-order valence-electron chi connectivity index (χ3n) is 2.09. The largest absolute Gasteiger partial charge is 0.261 e.